The number of nitrogens with zero attached hydrogens (tertiary/aromatic N) is 1. The van der Waals surface area contributed by atoms with Crippen LogP contribution in [0.2, 0.25) is 0 Å². The first-order chi connectivity index (χ1) is 12.5. The summed E-state index contributed by atoms with van der Waals surface area (Å²) in [5.41, 5.74) is 5.46. The van der Waals surface area contributed by atoms with E-state index < -0.39 is 0 Å². The van der Waals surface area contributed by atoms with E-state index in [-0.39, 0.29) is 0 Å². The first-order valence-corrected chi connectivity index (χ1v) is 9.64. The normalized spacial score (nSPS) is 11.9. The van der Waals surface area contributed by atoms with Gasteiger partial charge >= 0.3 is 0 Å². The van der Waals surface area contributed by atoms with Crippen LogP contribution in [-0.2, 0) is 0 Å². The summed E-state index contributed by atoms with van der Waals surface area (Å²) in [7, 11) is 2.12. The molecule has 26 heavy (non-hydrogen) atoms. The Kier molecular flexibility index (Phi) is 11.2. The number of allylic oxidation sites excluding steroid dienone is 5. The molecule has 0 aromatic heterocycles. The number of benzene rings is 1. The van der Waals surface area contributed by atoms with Gasteiger partial charge in [-0.15, -0.1) is 0 Å². The fraction of sp³-hybridized carbons (Fsp3) is 0.440. The molecule has 0 saturated carbocycles. The van der Waals surface area contributed by atoms with Crippen LogP contribution in [-0.4, -0.2) is 25.0 Å². The Morgan fingerprint density at radius 2 is 1.50 bits per heavy atom. The molecule has 0 bridgehead atoms. The predicted molar refractivity (Wildman–Crippen MR) is 116 cm³/mol. The van der Waals surface area contributed by atoms with Crippen molar-refractivity contribution >= 4 is 0 Å². The lowest BCUT2D eigenvalue weighted by atomic mass is 10.1. The maximum absolute atomic E-state index is 3.24. The van der Waals surface area contributed by atoms with Gasteiger partial charge in [-0.25, -0.2) is 0 Å². The third kappa shape index (κ3) is 11.5. The molecule has 0 radical (unpaired) electrons. The van der Waals surface area contributed by atoms with Gasteiger partial charge in [0.05, 0.1) is 6.54 Å². The quantitative estimate of drug-likeness (QED) is 0.369. The second kappa shape index (κ2) is 13.2. The van der Waals surface area contributed by atoms with E-state index in [0.29, 0.717) is 0 Å². The van der Waals surface area contributed by atoms with E-state index in [1.165, 1.54) is 23.1 Å². The van der Waals surface area contributed by atoms with Gasteiger partial charge in [-0.05, 0) is 72.6 Å². The van der Waals surface area contributed by atoms with Gasteiger partial charge in [-0.3, -0.25) is 4.90 Å². The first-order valence-electron chi connectivity index (χ1n) is 9.64. The van der Waals surface area contributed by atoms with Crippen LogP contribution < -0.4 is 0 Å². The molecule has 0 aliphatic heterocycles. The van der Waals surface area contributed by atoms with Crippen LogP contribution >= 0.6 is 0 Å². The summed E-state index contributed by atoms with van der Waals surface area (Å²) in [4.78, 5) is 2.25. The zero-order valence-corrected chi connectivity index (χ0v) is 17.3. The zero-order chi connectivity index (χ0) is 19.2. The van der Waals surface area contributed by atoms with Gasteiger partial charge in [-0.2, -0.15) is 0 Å². The van der Waals surface area contributed by atoms with Crippen molar-refractivity contribution in [3.63, 3.8) is 0 Å². The molecule has 0 spiro atoms. The molecule has 0 N–H and O–H groups in total. The third-order valence-corrected chi connectivity index (χ3v) is 4.23. The second-order valence-electron chi connectivity index (χ2n) is 7.32. The van der Waals surface area contributed by atoms with Crippen molar-refractivity contribution in [1.29, 1.82) is 0 Å². The van der Waals surface area contributed by atoms with E-state index >= 15 is 0 Å². The SMILES string of the molecule is CC(C)=CCCC(C)=CCCC(C)=CCN(C)CC#Cc1ccccc1. The zero-order valence-electron chi connectivity index (χ0n) is 17.3. The van der Waals surface area contributed by atoms with Crippen molar-refractivity contribution in [3.05, 3.63) is 70.8 Å². The molecule has 0 unspecified atom stereocenters. The Balaban J connectivity index is 2.28. The van der Waals surface area contributed by atoms with Crippen molar-refractivity contribution in [1.82, 2.24) is 4.90 Å². The number of rotatable bonds is 9. The first kappa shape index (κ1) is 22.0. The third-order valence-electron chi connectivity index (χ3n) is 4.23. The molecule has 0 atom stereocenters. The highest BCUT2D eigenvalue weighted by atomic mass is 15.1. The van der Waals surface area contributed by atoms with Gasteiger partial charge in [0, 0.05) is 12.1 Å². The van der Waals surface area contributed by atoms with Gasteiger partial charge in [0.2, 0.25) is 0 Å². The molecule has 1 nitrogen and oxygen atoms in total. The van der Waals surface area contributed by atoms with Crippen LogP contribution in [0.4, 0.5) is 0 Å². The molecule has 1 aromatic rings. The van der Waals surface area contributed by atoms with Crippen LogP contribution in [0.15, 0.2) is 65.3 Å². The summed E-state index contributed by atoms with van der Waals surface area (Å²) >= 11 is 0. The Morgan fingerprint density at radius 3 is 2.15 bits per heavy atom. The fourth-order valence-corrected chi connectivity index (χ4v) is 2.51. The molecule has 0 amide bonds. The number of hydrogen-bond donors (Lipinski definition) is 0. The fourth-order valence-electron chi connectivity index (χ4n) is 2.51. The predicted octanol–water partition coefficient (Wildman–Crippen LogP) is 6.39. The lowest BCUT2D eigenvalue weighted by molar-refractivity contribution is 0.417. The summed E-state index contributed by atoms with van der Waals surface area (Å²) in [6.07, 6.45) is 11.7. The van der Waals surface area contributed by atoms with Crippen LogP contribution in [0.25, 0.3) is 0 Å². The summed E-state index contributed by atoms with van der Waals surface area (Å²) in [5.74, 6) is 6.45. The van der Waals surface area contributed by atoms with Crippen molar-refractivity contribution < 1.29 is 0 Å². The molecule has 1 rings (SSSR count). The highest BCUT2D eigenvalue weighted by Gasteiger charge is 1.95. The maximum atomic E-state index is 3.24. The Bertz CT molecular complexity index is 661. The molecular weight excluding hydrogens is 314 g/mol. The standard InChI is InChI=1S/C25H35N/c1-22(2)12-9-13-23(3)14-10-15-24(4)19-21-26(5)20-11-18-25-16-7-6-8-17-25/h6-8,12,14,16-17,19H,9-10,13,15,20-21H2,1-5H3. The minimum absolute atomic E-state index is 0.794. The van der Waals surface area contributed by atoms with E-state index in [9.17, 15) is 0 Å². The van der Waals surface area contributed by atoms with Gasteiger partial charge in [0.25, 0.3) is 0 Å². The van der Waals surface area contributed by atoms with Gasteiger partial charge < -0.3 is 0 Å². The minimum Gasteiger partial charge on any atom is -0.292 e. The van der Waals surface area contributed by atoms with Crippen molar-refractivity contribution in [2.75, 3.05) is 20.1 Å². The molecule has 0 fully saturated rings. The van der Waals surface area contributed by atoms with Crippen LogP contribution in [0.5, 0.6) is 0 Å². The molecule has 1 aromatic carbocycles. The summed E-state index contributed by atoms with van der Waals surface area (Å²) < 4.78 is 0. The van der Waals surface area contributed by atoms with E-state index in [0.717, 1.165) is 37.9 Å². The second-order valence-corrected chi connectivity index (χ2v) is 7.32. The van der Waals surface area contributed by atoms with E-state index in [4.69, 9.17) is 0 Å². The number of hydrogen-bond acceptors (Lipinski definition) is 1. The van der Waals surface area contributed by atoms with Crippen molar-refractivity contribution in [2.24, 2.45) is 0 Å². The average Bonchev–Trinajstić information content (AvgIpc) is 2.60. The molecule has 0 aliphatic carbocycles. The summed E-state index contributed by atoms with van der Waals surface area (Å²) in [5, 5.41) is 0. The van der Waals surface area contributed by atoms with Gasteiger partial charge in [0.15, 0.2) is 0 Å². The highest BCUT2D eigenvalue weighted by Crippen LogP contribution is 2.11. The average molecular weight is 350 g/mol. The molecule has 140 valence electrons. The minimum atomic E-state index is 0.794. The van der Waals surface area contributed by atoms with E-state index in [2.05, 4.69) is 69.7 Å². The van der Waals surface area contributed by atoms with Crippen molar-refractivity contribution in [2.45, 2.75) is 53.4 Å². The maximum Gasteiger partial charge on any atom is 0.0605 e. The van der Waals surface area contributed by atoms with Gasteiger partial charge in [-0.1, -0.05) is 65.0 Å². The van der Waals surface area contributed by atoms with E-state index in [1.807, 2.05) is 30.3 Å². The lowest BCUT2D eigenvalue weighted by Crippen LogP contribution is -2.18. The lowest BCUT2D eigenvalue weighted by Gasteiger charge is -2.10. The molecule has 1 heteroatoms. The molecular formula is C25H35N. The van der Waals surface area contributed by atoms with Crippen LogP contribution in [0.1, 0.15) is 58.9 Å². The Hall–Kier alpha value is -2.04. The van der Waals surface area contributed by atoms with Crippen LogP contribution in [0.3, 0.4) is 0 Å². The summed E-state index contributed by atoms with van der Waals surface area (Å²) in [6.45, 7) is 10.6. The Morgan fingerprint density at radius 1 is 0.885 bits per heavy atom. The smallest absolute Gasteiger partial charge is 0.0605 e. The molecule has 0 saturated heterocycles. The highest BCUT2D eigenvalue weighted by molar-refractivity contribution is 5.33. The van der Waals surface area contributed by atoms with E-state index in [1.54, 1.807) is 0 Å². The Labute approximate surface area is 161 Å². The van der Waals surface area contributed by atoms with Crippen LogP contribution in [0, 0.1) is 11.8 Å². The molecule has 0 heterocycles. The monoisotopic (exact) mass is 349 g/mol. The largest absolute Gasteiger partial charge is 0.292 e. The van der Waals surface area contributed by atoms with Crippen molar-refractivity contribution in [3.8, 4) is 11.8 Å². The summed E-state index contributed by atoms with van der Waals surface area (Å²) in [6, 6.07) is 10.2. The topological polar surface area (TPSA) is 3.24 Å². The van der Waals surface area contributed by atoms with Gasteiger partial charge in [0.1, 0.15) is 0 Å². The molecule has 0 aliphatic rings. The number of likely N-dealkylation sites (N-methyl/N-ethyl adjacent to an activating group) is 1.